The molecule has 0 aliphatic carbocycles. The van der Waals surface area contributed by atoms with Crippen LogP contribution < -0.4 is 10.5 Å². The number of nitrogens with two attached hydrogens (primary N) is 1. The lowest BCUT2D eigenvalue weighted by atomic mass is 10.1. The summed E-state index contributed by atoms with van der Waals surface area (Å²) in [5, 5.41) is 10.6. The first kappa shape index (κ1) is 18.6. The maximum absolute atomic E-state index is 11.0. The molecule has 0 aliphatic rings. The van der Waals surface area contributed by atoms with Crippen LogP contribution in [0.4, 0.5) is 0 Å². The van der Waals surface area contributed by atoms with E-state index in [1.165, 1.54) is 6.08 Å². The van der Waals surface area contributed by atoms with Crippen LogP contribution in [0, 0.1) is 0 Å². The number of carbonyl (C=O) groups is 1. The van der Waals surface area contributed by atoms with Gasteiger partial charge in [-0.05, 0) is 32.1 Å². The molecule has 0 bridgehead atoms. The molecule has 1 amide bonds. The maximum atomic E-state index is 11.0. The van der Waals surface area contributed by atoms with Crippen molar-refractivity contribution in [1.29, 1.82) is 0 Å². The van der Waals surface area contributed by atoms with Crippen molar-refractivity contribution in [2.24, 2.45) is 5.73 Å². The van der Waals surface area contributed by atoms with Crippen LogP contribution in [-0.4, -0.2) is 38.2 Å². The van der Waals surface area contributed by atoms with Crippen molar-refractivity contribution >= 4 is 23.0 Å². The summed E-state index contributed by atoms with van der Waals surface area (Å²) in [6.45, 7) is 3.87. The number of carbonyl (C=O) groups excluding carboxylic acids is 1. The average Bonchev–Trinajstić information content (AvgIpc) is 3.02. The number of pyridine rings is 2. The molecule has 3 aromatic rings. The monoisotopic (exact) mass is 366 g/mol. The second-order valence-electron chi connectivity index (χ2n) is 6.90. The van der Waals surface area contributed by atoms with Gasteiger partial charge in [0.1, 0.15) is 5.65 Å². The highest BCUT2D eigenvalue weighted by Gasteiger charge is 2.12. The first-order valence-electron chi connectivity index (χ1n) is 8.58. The van der Waals surface area contributed by atoms with Gasteiger partial charge in [0.25, 0.3) is 0 Å². The van der Waals surface area contributed by atoms with E-state index in [2.05, 4.69) is 15.0 Å². The zero-order valence-electron chi connectivity index (χ0n) is 15.3. The minimum Gasteiger partial charge on any atom is -0.478 e. The quantitative estimate of drug-likeness (QED) is 0.556. The van der Waals surface area contributed by atoms with Gasteiger partial charge in [0.2, 0.25) is 11.8 Å². The van der Waals surface area contributed by atoms with Crippen LogP contribution in [-0.2, 0) is 4.79 Å². The number of hydrogen-bond acceptors (Lipinski definition) is 5. The van der Waals surface area contributed by atoms with E-state index in [1.54, 1.807) is 44.6 Å². The van der Waals surface area contributed by atoms with E-state index in [1.807, 2.05) is 12.1 Å². The molecule has 140 valence electrons. The maximum Gasteiger partial charge on any atom is 0.241 e. The molecule has 0 unspecified atom stereocenters. The third kappa shape index (κ3) is 4.92. The molecule has 4 N–H and O–H groups in total. The van der Waals surface area contributed by atoms with E-state index in [9.17, 15) is 9.90 Å². The van der Waals surface area contributed by atoms with Gasteiger partial charge in [-0.2, -0.15) is 0 Å². The molecule has 0 aromatic carbocycles. The number of aromatic nitrogens is 3. The molecular formula is C20H22N4O3. The van der Waals surface area contributed by atoms with E-state index in [0.29, 0.717) is 18.9 Å². The highest BCUT2D eigenvalue weighted by Crippen LogP contribution is 2.26. The molecule has 3 heterocycles. The van der Waals surface area contributed by atoms with Crippen molar-refractivity contribution in [1.82, 2.24) is 15.0 Å². The van der Waals surface area contributed by atoms with Gasteiger partial charge in [-0.25, -0.2) is 9.97 Å². The molecule has 0 saturated carbocycles. The van der Waals surface area contributed by atoms with Crippen LogP contribution in [0.5, 0.6) is 5.88 Å². The molecule has 0 spiro atoms. The number of fused-ring (bicyclic) bond motifs is 1. The van der Waals surface area contributed by atoms with Crippen LogP contribution in [0.1, 0.15) is 25.8 Å². The van der Waals surface area contributed by atoms with Crippen LogP contribution in [0.25, 0.3) is 28.2 Å². The highest BCUT2D eigenvalue weighted by molar-refractivity contribution is 5.95. The number of nitrogens with one attached hydrogen (secondary N) is 1. The fraction of sp³-hybridized carbons (Fsp3) is 0.250. The Labute approximate surface area is 156 Å². The van der Waals surface area contributed by atoms with E-state index in [-0.39, 0.29) is 0 Å². The number of hydrogen-bond donors (Lipinski definition) is 3. The molecule has 27 heavy (non-hydrogen) atoms. The number of H-pyrrole nitrogens is 1. The Morgan fingerprint density at radius 1 is 1.30 bits per heavy atom. The van der Waals surface area contributed by atoms with Gasteiger partial charge in [-0.3, -0.25) is 4.79 Å². The number of amides is 1. The third-order valence-corrected chi connectivity index (χ3v) is 4.02. The summed E-state index contributed by atoms with van der Waals surface area (Å²) in [7, 11) is 0. The Morgan fingerprint density at radius 2 is 2.07 bits per heavy atom. The van der Waals surface area contributed by atoms with Crippen LogP contribution >= 0.6 is 0 Å². The fourth-order valence-corrected chi connectivity index (χ4v) is 2.53. The smallest absolute Gasteiger partial charge is 0.241 e. The molecule has 0 fully saturated rings. The second kappa shape index (κ2) is 7.59. The molecule has 0 aliphatic heterocycles. The predicted molar refractivity (Wildman–Crippen MR) is 104 cm³/mol. The normalized spacial score (nSPS) is 12.0. The lowest BCUT2D eigenvalue weighted by Gasteiger charge is -2.16. The van der Waals surface area contributed by atoms with E-state index in [0.717, 1.165) is 27.7 Å². The van der Waals surface area contributed by atoms with Crippen LogP contribution in [0.2, 0.25) is 0 Å². The number of aromatic amines is 1. The Bertz CT molecular complexity index is 969. The zero-order valence-corrected chi connectivity index (χ0v) is 15.3. The van der Waals surface area contributed by atoms with Gasteiger partial charge in [-0.1, -0.05) is 0 Å². The average molecular weight is 366 g/mol. The molecule has 0 saturated heterocycles. The molecule has 3 rings (SSSR count). The highest BCUT2D eigenvalue weighted by atomic mass is 16.5. The number of nitrogens with zero attached hydrogens (tertiary/aromatic N) is 2. The second-order valence-corrected chi connectivity index (χ2v) is 6.90. The van der Waals surface area contributed by atoms with Gasteiger partial charge < -0.3 is 20.6 Å². The zero-order chi connectivity index (χ0) is 19.4. The van der Waals surface area contributed by atoms with E-state index in [4.69, 9.17) is 10.5 Å². The van der Waals surface area contributed by atoms with Crippen molar-refractivity contribution in [2.45, 2.75) is 25.9 Å². The summed E-state index contributed by atoms with van der Waals surface area (Å²) in [5.41, 5.74) is 7.74. The SMILES string of the molecule is CC(C)(O)CCOc1ccc(-c2cnc3[nH]cc(/C=C/C(N)=O)c3c2)cn1. The lowest BCUT2D eigenvalue weighted by molar-refractivity contribution is -0.113. The Balaban J connectivity index is 1.78. The summed E-state index contributed by atoms with van der Waals surface area (Å²) in [6.07, 6.45) is 8.74. The topological polar surface area (TPSA) is 114 Å². The summed E-state index contributed by atoms with van der Waals surface area (Å²) in [4.78, 5) is 22.7. The van der Waals surface area contributed by atoms with Gasteiger partial charge in [0.15, 0.2) is 0 Å². The Morgan fingerprint density at radius 3 is 2.74 bits per heavy atom. The molecule has 7 nitrogen and oxygen atoms in total. The van der Waals surface area contributed by atoms with E-state index >= 15 is 0 Å². The Hall–Kier alpha value is -3.19. The predicted octanol–water partition coefficient (Wildman–Crippen LogP) is 2.66. The largest absolute Gasteiger partial charge is 0.478 e. The van der Waals surface area contributed by atoms with Crippen molar-refractivity contribution in [2.75, 3.05) is 6.61 Å². The number of rotatable bonds is 7. The van der Waals surface area contributed by atoms with Gasteiger partial charge in [0.05, 0.1) is 12.2 Å². The molecule has 0 atom stereocenters. The minimum atomic E-state index is -0.766. The minimum absolute atomic E-state index is 0.391. The third-order valence-electron chi connectivity index (χ3n) is 4.02. The molecular weight excluding hydrogens is 344 g/mol. The van der Waals surface area contributed by atoms with Crippen molar-refractivity contribution in [3.8, 4) is 17.0 Å². The van der Waals surface area contributed by atoms with Crippen molar-refractivity contribution in [3.63, 3.8) is 0 Å². The summed E-state index contributed by atoms with van der Waals surface area (Å²) in [6, 6.07) is 5.67. The summed E-state index contributed by atoms with van der Waals surface area (Å²) < 4.78 is 5.56. The fourth-order valence-electron chi connectivity index (χ4n) is 2.53. The lowest BCUT2D eigenvalue weighted by Crippen LogP contribution is -2.21. The van der Waals surface area contributed by atoms with E-state index < -0.39 is 11.5 Å². The standard InChI is InChI=1S/C20H22N4O3/c1-20(2,26)7-8-27-18-6-4-13(10-22-18)15-9-16-14(3-5-17(21)25)11-23-19(16)24-12-15/h3-6,9-12,26H,7-8H2,1-2H3,(H2,21,25)(H,23,24)/b5-3+. The van der Waals surface area contributed by atoms with Crippen molar-refractivity contribution < 1.29 is 14.6 Å². The first-order chi connectivity index (χ1) is 12.8. The van der Waals surface area contributed by atoms with Gasteiger partial charge in [-0.15, -0.1) is 0 Å². The van der Waals surface area contributed by atoms with Crippen LogP contribution in [0.15, 0.2) is 42.9 Å². The molecule has 0 radical (unpaired) electrons. The van der Waals surface area contributed by atoms with Crippen LogP contribution in [0.3, 0.4) is 0 Å². The Kier molecular flexibility index (Phi) is 5.23. The van der Waals surface area contributed by atoms with Gasteiger partial charge in [0, 0.05) is 59.2 Å². The number of aliphatic hydroxyl groups is 1. The molecule has 3 aromatic heterocycles. The number of primary amides is 1. The first-order valence-corrected chi connectivity index (χ1v) is 8.58. The van der Waals surface area contributed by atoms with Gasteiger partial charge >= 0.3 is 0 Å². The number of ether oxygens (including phenoxy) is 1. The summed E-state index contributed by atoms with van der Waals surface area (Å²) >= 11 is 0. The summed E-state index contributed by atoms with van der Waals surface area (Å²) in [5.74, 6) is 0.00148. The van der Waals surface area contributed by atoms with Crippen molar-refractivity contribution in [3.05, 3.63) is 48.4 Å². The molecule has 7 heteroatoms.